The van der Waals surface area contributed by atoms with Crippen molar-refractivity contribution in [2.45, 2.75) is 6.92 Å². The molecule has 0 unspecified atom stereocenters. The molecule has 1 N–H and O–H groups in total. The minimum absolute atomic E-state index is 0.202. The van der Waals surface area contributed by atoms with Gasteiger partial charge in [0.15, 0.2) is 0 Å². The molecule has 3 heteroatoms. The van der Waals surface area contributed by atoms with E-state index < -0.39 is 0 Å². The second-order valence-electron chi connectivity index (χ2n) is 2.78. The third-order valence-electron chi connectivity index (χ3n) is 1.85. The highest BCUT2D eigenvalue weighted by Crippen LogP contribution is 2.25. The Bertz CT molecular complexity index is 372. The largest absolute Gasteiger partial charge is 0.367 e. The molecule has 0 spiro atoms. The maximum atomic E-state index is 13.2. The number of hydrogen-bond acceptors (Lipinski definition) is 1. The fourth-order valence-corrected chi connectivity index (χ4v) is 1.64. The van der Waals surface area contributed by atoms with Gasteiger partial charge in [-0.1, -0.05) is 18.7 Å². The predicted molar refractivity (Wildman–Crippen MR) is 61.4 cm³/mol. The van der Waals surface area contributed by atoms with Crippen molar-refractivity contribution in [2.24, 2.45) is 0 Å². The molecule has 0 fully saturated rings. The van der Waals surface area contributed by atoms with Gasteiger partial charge in [-0.3, -0.25) is 0 Å². The Hall–Kier alpha value is -1.09. The first-order valence-corrected chi connectivity index (χ1v) is 4.94. The van der Waals surface area contributed by atoms with Gasteiger partial charge in [-0.15, -0.1) is 0 Å². The molecule has 14 heavy (non-hydrogen) atoms. The molecule has 74 valence electrons. The van der Waals surface area contributed by atoms with Crippen LogP contribution in [0.3, 0.4) is 0 Å². The molecule has 1 rings (SSSR count). The highest BCUT2D eigenvalue weighted by atomic mass is 79.9. The zero-order chi connectivity index (χ0) is 10.6. The number of rotatable bonds is 3. The second kappa shape index (κ2) is 4.96. The summed E-state index contributed by atoms with van der Waals surface area (Å²) in [6, 6.07) is 4.98. The van der Waals surface area contributed by atoms with Crippen molar-refractivity contribution in [3.8, 4) is 0 Å². The van der Waals surface area contributed by atoms with Crippen LogP contribution in [0, 0.1) is 12.7 Å². The van der Waals surface area contributed by atoms with Crippen molar-refractivity contribution in [2.75, 3.05) is 0 Å². The molecule has 0 saturated heterocycles. The summed E-state index contributed by atoms with van der Waals surface area (Å²) in [4.78, 5) is 0. The Morgan fingerprint density at radius 1 is 1.57 bits per heavy atom. The van der Waals surface area contributed by atoms with Crippen molar-refractivity contribution >= 4 is 20.4 Å². The zero-order valence-electron chi connectivity index (χ0n) is 7.85. The lowest BCUT2D eigenvalue weighted by atomic mass is 10.1. The van der Waals surface area contributed by atoms with Crippen molar-refractivity contribution in [3.63, 3.8) is 0 Å². The molecule has 0 bridgehead atoms. The molecule has 0 aromatic heterocycles. The molecule has 1 aromatic carbocycles. The summed E-state index contributed by atoms with van der Waals surface area (Å²) < 4.78 is 14.0. The van der Waals surface area contributed by atoms with E-state index in [9.17, 15) is 4.39 Å². The molecule has 1 nitrogen and oxygen atoms in total. The van der Waals surface area contributed by atoms with E-state index in [2.05, 4.69) is 27.8 Å². The minimum atomic E-state index is -0.202. The summed E-state index contributed by atoms with van der Waals surface area (Å²) >= 11 is 3.36. The van der Waals surface area contributed by atoms with Crippen molar-refractivity contribution < 1.29 is 4.39 Å². The van der Waals surface area contributed by atoms with E-state index in [-0.39, 0.29) is 5.82 Å². The summed E-state index contributed by atoms with van der Waals surface area (Å²) in [5.41, 5.74) is 1.46. The van der Waals surface area contributed by atoms with Gasteiger partial charge in [0.1, 0.15) is 5.82 Å². The van der Waals surface area contributed by atoms with Crippen LogP contribution >= 0.6 is 15.9 Å². The van der Waals surface area contributed by atoms with E-state index in [1.54, 1.807) is 25.4 Å². The lowest BCUT2D eigenvalue weighted by Gasteiger charge is -2.05. The Kier molecular flexibility index (Phi) is 3.89. The zero-order valence-corrected chi connectivity index (χ0v) is 9.44. The minimum Gasteiger partial charge on any atom is -0.367 e. The standard InChI is InChI=1S/C11H11BrFN/c1-3-14-7-10(12)9-5-4-6-11(13)8(9)2/h3-7,14H,1H2,2H3/b10-7+. The summed E-state index contributed by atoms with van der Waals surface area (Å²) in [6.07, 6.45) is 3.27. The van der Waals surface area contributed by atoms with Crippen LogP contribution in [0.1, 0.15) is 11.1 Å². The highest BCUT2D eigenvalue weighted by molar-refractivity contribution is 9.15. The van der Waals surface area contributed by atoms with Gasteiger partial charge in [-0.25, -0.2) is 4.39 Å². The quantitative estimate of drug-likeness (QED) is 0.871. The van der Waals surface area contributed by atoms with E-state index in [0.29, 0.717) is 5.56 Å². The van der Waals surface area contributed by atoms with Gasteiger partial charge in [0.2, 0.25) is 0 Å². The van der Waals surface area contributed by atoms with E-state index in [1.807, 2.05) is 6.07 Å². The second-order valence-corrected chi connectivity index (χ2v) is 3.63. The van der Waals surface area contributed by atoms with Gasteiger partial charge in [-0.05, 0) is 46.2 Å². The SMILES string of the molecule is C=CN/C=C(/Br)c1cccc(F)c1C. The Morgan fingerprint density at radius 3 is 2.93 bits per heavy atom. The van der Waals surface area contributed by atoms with Crippen LogP contribution in [-0.2, 0) is 0 Å². The maximum Gasteiger partial charge on any atom is 0.126 e. The summed E-state index contributed by atoms with van der Waals surface area (Å²) in [5, 5.41) is 2.83. The van der Waals surface area contributed by atoms with Crippen LogP contribution in [0.25, 0.3) is 4.48 Å². The molecular formula is C11H11BrFN. The predicted octanol–water partition coefficient (Wildman–Crippen LogP) is 3.56. The Morgan fingerprint density at radius 2 is 2.29 bits per heavy atom. The van der Waals surface area contributed by atoms with E-state index >= 15 is 0 Å². The van der Waals surface area contributed by atoms with Crippen LogP contribution in [-0.4, -0.2) is 0 Å². The topological polar surface area (TPSA) is 12.0 Å². The normalized spacial score (nSPS) is 11.2. The molecule has 0 aliphatic heterocycles. The van der Waals surface area contributed by atoms with Gasteiger partial charge in [0.05, 0.1) is 0 Å². The van der Waals surface area contributed by atoms with Crippen molar-refractivity contribution in [3.05, 3.63) is 54.1 Å². The van der Waals surface area contributed by atoms with Crippen LogP contribution in [0.2, 0.25) is 0 Å². The molecule has 1 aromatic rings. The average Bonchev–Trinajstić information content (AvgIpc) is 2.18. The summed E-state index contributed by atoms with van der Waals surface area (Å²) in [7, 11) is 0. The number of halogens is 2. The van der Waals surface area contributed by atoms with Crippen LogP contribution in [0.4, 0.5) is 4.39 Å². The van der Waals surface area contributed by atoms with Crippen molar-refractivity contribution in [1.29, 1.82) is 0 Å². The lowest BCUT2D eigenvalue weighted by molar-refractivity contribution is 0.618. The highest BCUT2D eigenvalue weighted by Gasteiger charge is 2.05. The summed E-state index contributed by atoms with van der Waals surface area (Å²) in [5.74, 6) is -0.202. The fourth-order valence-electron chi connectivity index (χ4n) is 1.08. The number of nitrogens with one attached hydrogen (secondary N) is 1. The molecule has 0 atom stereocenters. The Balaban J connectivity index is 3.06. The fraction of sp³-hybridized carbons (Fsp3) is 0.0909. The molecule has 0 aliphatic carbocycles. The van der Waals surface area contributed by atoms with Gasteiger partial charge in [0, 0.05) is 10.7 Å². The number of hydrogen-bond donors (Lipinski definition) is 1. The van der Waals surface area contributed by atoms with Crippen LogP contribution in [0.5, 0.6) is 0 Å². The van der Waals surface area contributed by atoms with Crippen LogP contribution in [0.15, 0.2) is 37.2 Å². The van der Waals surface area contributed by atoms with Gasteiger partial charge in [-0.2, -0.15) is 0 Å². The first-order valence-electron chi connectivity index (χ1n) is 4.15. The van der Waals surface area contributed by atoms with Gasteiger partial charge < -0.3 is 5.32 Å². The van der Waals surface area contributed by atoms with Crippen molar-refractivity contribution in [1.82, 2.24) is 5.32 Å². The smallest absolute Gasteiger partial charge is 0.126 e. The maximum absolute atomic E-state index is 13.2. The van der Waals surface area contributed by atoms with Gasteiger partial charge in [0.25, 0.3) is 0 Å². The third kappa shape index (κ3) is 2.45. The van der Waals surface area contributed by atoms with Crippen LogP contribution < -0.4 is 5.32 Å². The molecule has 0 amide bonds. The molecule has 0 aliphatic rings. The average molecular weight is 256 g/mol. The Labute approximate surface area is 91.5 Å². The molecule has 0 saturated carbocycles. The van der Waals surface area contributed by atoms with E-state index in [1.165, 1.54) is 6.07 Å². The monoisotopic (exact) mass is 255 g/mol. The molecule has 0 radical (unpaired) electrons. The van der Waals surface area contributed by atoms with Gasteiger partial charge >= 0.3 is 0 Å². The molecular weight excluding hydrogens is 245 g/mol. The lowest BCUT2D eigenvalue weighted by Crippen LogP contribution is -1.94. The first kappa shape index (κ1) is 11.0. The van der Waals surface area contributed by atoms with E-state index in [0.717, 1.165) is 10.0 Å². The molecule has 0 heterocycles. The number of benzene rings is 1. The third-order valence-corrected chi connectivity index (χ3v) is 2.51. The first-order chi connectivity index (χ1) is 6.66. The summed E-state index contributed by atoms with van der Waals surface area (Å²) in [6.45, 7) is 5.26. The van der Waals surface area contributed by atoms with E-state index in [4.69, 9.17) is 0 Å².